The first-order valence-electron chi connectivity index (χ1n) is 16.8. The van der Waals surface area contributed by atoms with Crippen LogP contribution in [0.4, 0.5) is 0 Å². The van der Waals surface area contributed by atoms with Crippen LogP contribution in [0.3, 0.4) is 0 Å². The lowest BCUT2D eigenvalue weighted by Crippen LogP contribution is -2.02. The van der Waals surface area contributed by atoms with E-state index in [0.717, 1.165) is 62.8 Å². The molecule has 2 heterocycles. The fourth-order valence-corrected chi connectivity index (χ4v) is 7.56. The van der Waals surface area contributed by atoms with E-state index < -0.39 is 0 Å². The quantitative estimate of drug-likeness (QED) is 0.182. The molecule has 1 aliphatic carbocycles. The topological polar surface area (TPSA) is 51.8 Å². The van der Waals surface area contributed by atoms with Crippen molar-refractivity contribution in [1.29, 1.82) is 0 Å². The summed E-state index contributed by atoms with van der Waals surface area (Å²) >= 11 is 0. The summed E-state index contributed by atoms with van der Waals surface area (Å²) in [6, 6.07) is 48.8. The molecule has 10 rings (SSSR count). The molecule has 0 amide bonds. The summed E-state index contributed by atoms with van der Waals surface area (Å²) in [5.41, 5.74) is 7.23. The van der Waals surface area contributed by atoms with Gasteiger partial charge in [0.05, 0.1) is 0 Å². The van der Waals surface area contributed by atoms with Gasteiger partial charge in [-0.15, -0.1) is 0 Å². The number of fused-ring (bicyclic) bond motifs is 8. The van der Waals surface area contributed by atoms with Gasteiger partial charge in [0, 0.05) is 27.6 Å². The molecule has 2 aromatic heterocycles. The highest BCUT2D eigenvalue weighted by atomic mass is 16.3. The van der Waals surface area contributed by atoms with E-state index in [9.17, 15) is 0 Å². The molecule has 0 spiro atoms. The predicted molar refractivity (Wildman–Crippen MR) is 201 cm³/mol. The van der Waals surface area contributed by atoms with Gasteiger partial charge >= 0.3 is 0 Å². The van der Waals surface area contributed by atoms with Crippen LogP contribution in [0.5, 0.6) is 0 Å². The largest absolute Gasteiger partial charge is 0.456 e. The van der Waals surface area contributed by atoms with Crippen LogP contribution in [0.15, 0.2) is 150 Å². The summed E-state index contributed by atoms with van der Waals surface area (Å²) in [6.07, 6.45) is 6.25. The average molecular weight is 628 g/mol. The Bertz CT molecular complexity index is 2760. The summed E-state index contributed by atoms with van der Waals surface area (Å²) in [6.45, 7) is 0. The van der Waals surface area contributed by atoms with Gasteiger partial charge in [-0.2, -0.15) is 0 Å². The molecular weight excluding hydrogens is 599 g/mol. The van der Waals surface area contributed by atoms with Gasteiger partial charge in [-0.1, -0.05) is 133 Å². The Labute approximate surface area is 283 Å². The van der Waals surface area contributed by atoms with Crippen molar-refractivity contribution in [1.82, 2.24) is 15.0 Å². The summed E-state index contributed by atoms with van der Waals surface area (Å²) in [5.74, 6) is 2.88. The molecule has 9 aromatic rings. The first-order chi connectivity index (χ1) is 24.3. The van der Waals surface area contributed by atoms with E-state index in [4.69, 9.17) is 19.4 Å². The van der Waals surface area contributed by atoms with Crippen molar-refractivity contribution in [3.05, 3.63) is 157 Å². The lowest BCUT2D eigenvalue weighted by atomic mass is 9.91. The Morgan fingerprint density at radius 1 is 0.469 bits per heavy atom. The average Bonchev–Trinajstić information content (AvgIpc) is 3.56. The SMILES string of the molecule is C1=Cc2oc3cccc(-c4ccccc4-c4nc(-c5ccccc5)nc(-c5cc6ccccc6c6c5ccc5ccccc56)n4)c3c2CC1. The van der Waals surface area contributed by atoms with E-state index in [1.54, 1.807) is 0 Å². The first-order valence-corrected chi connectivity index (χ1v) is 16.8. The molecule has 0 atom stereocenters. The molecule has 0 aliphatic heterocycles. The van der Waals surface area contributed by atoms with Gasteiger partial charge in [0.2, 0.25) is 0 Å². The second-order valence-electron chi connectivity index (χ2n) is 12.6. The van der Waals surface area contributed by atoms with Crippen molar-refractivity contribution in [3.63, 3.8) is 0 Å². The summed E-state index contributed by atoms with van der Waals surface area (Å²) in [5, 5.41) is 8.28. The predicted octanol–water partition coefficient (Wildman–Crippen LogP) is 11.7. The van der Waals surface area contributed by atoms with E-state index >= 15 is 0 Å². The Morgan fingerprint density at radius 3 is 2.00 bits per heavy atom. The molecule has 0 N–H and O–H groups in total. The van der Waals surface area contributed by atoms with Gasteiger partial charge < -0.3 is 4.42 Å². The molecule has 7 aromatic carbocycles. The molecular formula is C45H29N3O. The fourth-order valence-electron chi connectivity index (χ4n) is 7.56. The highest BCUT2D eigenvalue weighted by Crippen LogP contribution is 2.42. The minimum atomic E-state index is 0.635. The standard InChI is InChI=1S/C45H29N3O/c1-2-14-29(15-3-1)43-46-44(36-20-9-8-19-33(36)34-22-12-24-40-42(34)37-21-10-11-23-39(37)49-40)48-45(47-43)38-27-30-16-5-7-18-32(30)41-31-17-6-4-13-28(31)25-26-35(38)41/h1-9,11-20,22-27H,10,21H2. The third-order valence-electron chi connectivity index (χ3n) is 9.79. The van der Waals surface area contributed by atoms with Gasteiger partial charge in [-0.05, 0) is 74.5 Å². The Balaban J connectivity index is 1.26. The van der Waals surface area contributed by atoms with Crippen molar-refractivity contribution < 1.29 is 4.42 Å². The fraction of sp³-hybridized carbons (Fsp3) is 0.0444. The highest BCUT2D eigenvalue weighted by Gasteiger charge is 2.22. The first kappa shape index (κ1) is 27.7. The van der Waals surface area contributed by atoms with Gasteiger partial charge in [0.15, 0.2) is 17.5 Å². The molecule has 0 bridgehead atoms. The second-order valence-corrected chi connectivity index (χ2v) is 12.6. The molecule has 49 heavy (non-hydrogen) atoms. The lowest BCUT2D eigenvalue weighted by molar-refractivity contribution is 0.595. The van der Waals surface area contributed by atoms with Gasteiger partial charge in [0.25, 0.3) is 0 Å². The molecule has 0 saturated carbocycles. The van der Waals surface area contributed by atoms with Gasteiger partial charge in [-0.3, -0.25) is 0 Å². The van der Waals surface area contributed by atoms with Crippen LogP contribution in [0.2, 0.25) is 0 Å². The number of benzene rings is 7. The zero-order valence-corrected chi connectivity index (χ0v) is 26.6. The maximum absolute atomic E-state index is 6.33. The van der Waals surface area contributed by atoms with Crippen LogP contribution in [0.25, 0.3) is 94.7 Å². The summed E-state index contributed by atoms with van der Waals surface area (Å²) in [4.78, 5) is 15.7. The maximum Gasteiger partial charge on any atom is 0.164 e. The lowest BCUT2D eigenvalue weighted by Gasteiger charge is -2.15. The minimum Gasteiger partial charge on any atom is -0.456 e. The monoisotopic (exact) mass is 627 g/mol. The zero-order chi connectivity index (χ0) is 32.3. The van der Waals surface area contributed by atoms with E-state index in [0.29, 0.717) is 17.5 Å². The Morgan fingerprint density at radius 2 is 1.14 bits per heavy atom. The molecule has 4 nitrogen and oxygen atoms in total. The summed E-state index contributed by atoms with van der Waals surface area (Å²) < 4.78 is 6.33. The zero-order valence-electron chi connectivity index (χ0n) is 26.6. The number of hydrogen-bond donors (Lipinski definition) is 0. The van der Waals surface area contributed by atoms with Crippen molar-refractivity contribution >= 4 is 49.4 Å². The van der Waals surface area contributed by atoms with Gasteiger partial charge in [0.1, 0.15) is 11.3 Å². The minimum absolute atomic E-state index is 0.635. The van der Waals surface area contributed by atoms with Crippen molar-refractivity contribution in [3.8, 4) is 45.3 Å². The normalized spacial score (nSPS) is 12.7. The number of rotatable bonds is 4. The number of aryl methyl sites for hydroxylation is 1. The van der Waals surface area contributed by atoms with E-state index in [-0.39, 0.29) is 0 Å². The highest BCUT2D eigenvalue weighted by molar-refractivity contribution is 6.23. The van der Waals surface area contributed by atoms with E-state index in [1.807, 2.05) is 18.2 Å². The molecule has 1 aliphatic rings. The van der Waals surface area contributed by atoms with Crippen LogP contribution in [0.1, 0.15) is 17.7 Å². The van der Waals surface area contributed by atoms with E-state index in [1.165, 1.54) is 32.5 Å². The number of aromatic nitrogens is 3. The van der Waals surface area contributed by atoms with Crippen LogP contribution in [-0.4, -0.2) is 15.0 Å². The van der Waals surface area contributed by atoms with Crippen LogP contribution < -0.4 is 0 Å². The number of nitrogens with zero attached hydrogens (tertiary/aromatic N) is 3. The smallest absolute Gasteiger partial charge is 0.164 e. The van der Waals surface area contributed by atoms with Crippen molar-refractivity contribution in [2.45, 2.75) is 12.8 Å². The molecule has 230 valence electrons. The summed E-state index contributed by atoms with van der Waals surface area (Å²) in [7, 11) is 0. The van der Waals surface area contributed by atoms with Gasteiger partial charge in [-0.25, -0.2) is 15.0 Å². The number of furan rings is 1. The Kier molecular flexibility index (Phi) is 6.28. The maximum atomic E-state index is 6.33. The van der Waals surface area contributed by atoms with Crippen molar-refractivity contribution in [2.75, 3.05) is 0 Å². The van der Waals surface area contributed by atoms with E-state index in [2.05, 4.69) is 133 Å². The molecule has 4 heteroatoms. The number of hydrogen-bond acceptors (Lipinski definition) is 4. The molecule has 0 saturated heterocycles. The molecule has 0 fully saturated rings. The Hall–Kier alpha value is -6.39. The third-order valence-corrected chi connectivity index (χ3v) is 9.79. The molecule has 0 radical (unpaired) electrons. The molecule has 0 unspecified atom stereocenters. The van der Waals surface area contributed by atoms with Crippen LogP contribution in [0, 0.1) is 0 Å². The van der Waals surface area contributed by atoms with Crippen LogP contribution >= 0.6 is 0 Å². The third kappa shape index (κ3) is 4.49. The number of allylic oxidation sites excluding steroid dienone is 1. The second kappa shape index (κ2) is 11.1. The van der Waals surface area contributed by atoms with Crippen molar-refractivity contribution in [2.24, 2.45) is 0 Å². The van der Waals surface area contributed by atoms with Crippen LogP contribution in [-0.2, 0) is 6.42 Å².